The van der Waals surface area contributed by atoms with Crippen LogP contribution in [0.3, 0.4) is 0 Å². The Morgan fingerprint density at radius 1 is 0.301 bits per heavy atom. The summed E-state index contributed by atoms with van der Waals surface area (Å²) in [6.07, 6.45) is 12.6. The highest BCUT2D eigenvalue weighted by Crippen LogP contribution is 2.43. The molecule has 73 heavy (non-hydrogen) atoms. The highest BCUT2D eigenvalue weighted by atomic mass is 16.5. The van der Waals surface area contributed by atoms with Crippen molar-refractivity contribution in [3.63, 3.8) is 0 Å². The van der Waals surface area contributed by atoms with E-state index in [1.807, 2.05) is 0 Å². The highest BCUT2D eigenvalue weighted by Gasteiger charge is 2.22. The lowest BCUT2D eigenvalue weighted by molar-refractivity contribution is 0.155. The lowest BCUT2D eigenvalue weighted by Crippen LogP contribution is -2.19. The predicted molar refractivity (Wildman–Crippen MR) is 302 cm³/mol. The molecule has 0 saturated heterocycles. The van der Waals surface area contributed by atoms with Gasteiger partial charge in [0.15, 0.2) is 0 Å². The lowest BCUT2D eigenvalue weighted by atomic mass is 9.97. The summed E-state index contributed by atoms with van der Waals surface area (Å²) < 4.78 is 26.2. The molecule has 12 aromatic rings. The second-order valence-corrected chi connectivity index (χ2v) is 20.4. The minimum absolute atomic E-state index is 0.278. The molecule has 0 radical (unpaired) electrons. The first-order valence-corrected chi connectivity index (χ1v) is 26.5. The summed E-state index contributed by atoms with van der Waals surface area (Å²) in [6.45, 7) is 0. The van der Waals surface area contributed by atoms with Crippen LogP contribution >= 0.6 is 0 Å². The molecule has 2 aliphatic carbocycles. The van der Waals surface area contributed by atoms with E-state index < -0.39 is 0 Å². The predicted octanol–water partition coefficient (Wildman–Crippen LogP) is 17.7. The molecule has 2 saturated carbocycles. The highest BCUT2D eigenvalue weighted by molar-refractivity contribution is 6.15. The number of hydrogen-bond donors (Lipinski definition) is 0. The van der Waals surface area contributed by atoms with Crippen molar-refractivity contribution >= 4 is 65.4 Å². The van der Waals surface area contributed by atoms with E-state index in [0.717, 1.165) is 71.0 Å². The van der Waals surface area contributed by atoms with Crippen molar-refractivity contribution in [3.05, 3.63) is 194 Å². The van der Waals surface area contributed by atoms with Gasteiger partial charge in [-0.3, -0.25) is 0 Å². The largest absolute Gasteiger partial charge is 0.497 e. The monoisotopic (exact) mass is 951 g/mol. The maximum atomic E-state index is 6.69. The van der Waals surface area contributed by atoms with Crippen molar-refractivity contribution in [2.75, 3.05) is 7.11 Å². The third kappa shape index (κ3) is 7.70. The molecule has 2 aliphatic rings. The Morgan fingerprint density at radius 3 is 0.945 bits per heavy atom. The molecule has 358 valence electrons. The van der Waals surface area contributed by atoms with Gasteiger partial charge in [0, 0.05) is 49.4 Å². The molecule has 0 aliphatic heterocycles. The van der Waals surface area contributed by atoms with Crippen molar-refractivity contribution < 1.29 is 14.2 Å². The minimum atomic E-state index is 0.278. The van der Waals surface area contributed by atoms with E-state index in [9.17, 15) is 0 Å². The maximum Gasteiger partial charge on any atom is 0.120 e. The standard InChI is InChI=1S/C67H57N3O3/c1-71-51-28-26-50(27-29-51)70-62-32-22-44(46-24-34-64-58(40-46)60-42-54(72-52-18-10-4-11-19-52)30-36-66(60)68(64)48-14-6-2-7-15-48)38-56(62)57-39-45(23-33-63(57)70)47-25-35-65-59(41-47)61-43-55(73-53-20-12-5-13-21-53)31-37-67(61)69(65)49-16-8-3-9-17-49/h2-3,6-9,14-17,22-43,52-53H,4-5,10-13,18-21H2,1H3. The van der Waals surface area contributed by atoms with Gasteiger partial charge in [-0.2, -0.15) is 0 Å². The molecule has 6 heteroatoms. The average molecular weight is 952 g/mol. The van der Waals surface area contributed by atoms with E-state index in [-0.39, 0.29) is 12.2 Å². The number of para-hydroxylation sites is 2. The fourth-order valence-corrected chi connectivity index (χ4v) is 12.4. The Bertz CT molecular complexity index is 3780. The average Bonchev–Trinajstić information content (AvgIpc) is 4.08. The number of benzene rings is 9. The normalized spacial score (nSPS) is 14.8. The zero-order valence-corrected chi connectivity index (χ0v) is 41.3. The van der Waals surface area contributed by atoms with Crippen molar-refractivity contribution in [1.82, 2.24) is 13.7 Å². The second-order valence-electron chi connectivity index (χ2n) is 20.4. The second kappa shape index (κ2) is 18.1. The number of rotatable bonds is 10. The summed E-state index contributed by atoms with van der Waals surface area (Å²) in [5.74, 6) is 2.74. The quantitative estimate of drug-likeness (QED) is 0.137. The van der Waals surface area contributed by atoms with E-state index >= 15 is 0 Å². The van der Waals surface area contributed by atoms with E-state index in [0.29, 0.717) is 0 Å². The zero-order valence-electron chi connectivity index (χ0n) is 41.3. The van der Waals surface area contributed by atoms with Crippen molar-refractivity contribution in [1.29, 1.82) is 0 Å². The number of hydrogen-bond acceptors (Lipinski definition) is 3. The Kier molecular flexibility index (Phi) is 10.8. The van der Waals surface area contributed by atoms with Crippen LogP contribution in [0.4, 0.5) is 0 Å². The van der Waals surface area contributed by atoms with Gasteiger partial charge < -0.3 is 27.9 Å². The Balaban J connectivity index is 0.924. The zero-order chi connectivity index (χ0) is 48.4. The van der Waals surface area contributed by atoms with Gasteiger partial charge in [-0.25, -0.2) is 0 Å². The number of nitrogens with zero attached hydrogens (tertiary/aromatic N) is 3. The molecule has 0 atom stereocenters. The van der Waals surface area contributed by atoms with Gasteiger partial charge in [0.2, 0.25) is 0 Å². The lowest BCUT2D eigenvalue weighted by Gasteiger charge is -2.23. The third-order valence-electron chi connectivity index (χ3n) is 16.0. The van der Waals surface area contributed by atoms with Crippen LogP contribution in [-0.2, 0) is 0 Å². The number of aromatic nitrogens is 3. The van der Waals surface area contributed by atoms with Crippen molar-refractivity contribution in [3.8, 4) is 56.6 Å². The number of fused-ring (bicyclic) bond motifs is 9. The third-order valence-corrected chi connectivity index (χ3v) is 16.0. The summed E-state index contributed by atoms with van der Waals surface area (Å²) in [6, 6.07) is 71.3. The molecule has 14 rings (SSSR count). The van der Waals surface area contributed by atoms with E-state index in [1.54, 1.807) is 7.11 Å². The van der Waals surface area contributed by atoms with Gasteiger partial charge >= 0.3 is 0 Å². The van der Waals surface area contributed by atoms with Crippen molar-refractivity contribution in [2.45, 2.75) is 76.4 Å². The Hall–Kier alpha value is -8.22. The molecule has 3 aromatic heterocycles. The summed E-state index contributed by atoms with van der Waals surface area (Å²) >= 11 is 0. The number of methoxy groups -OCH3 is 1. The fourth-order valence-electron chi connectivity index (χ4n) is 12.4. The van der Waals surface area contributed by atoms with Gasteiger partial charge in [0.05, 0.1) is 52.4 Å². The molecular formula is C67H57N3O3. The molecule has 2 fully saturated rings. The van der Waals surface area contributed by atoms with Gasteiger partial charge in [-0.15, -0.1) is 0 Å². The topological polar surface area (TPSA) is 42.5 Å². The molecule has 3 heterocycles. The number of ether oxygens (including phenoxy) is 3. The van der Waals surface area contributed by atoms with Crippen LogP contribution in [0.25, 0.3) is 105 Å². The van der Waals surface area contributed by atoms with Crippen LogP contribution in [0.2, 0.25) is 0 Å². The molecule has 0 N–H and O–H groups in total. The Labute approximate surface area is 425 Å². The van der Waals surface area contributed by atoms with Gasteiger partial charge in [0.25, 0.3) is 0 Å². The SMILES string of the molecule is COc1ccc(-n2c3ccc(-c4ccc5c(c4)c4cc(OC6CCCCC6)ccc4n5-c4ccccc4)cc3c3cc(-c4ccc5c(c4)c4cc(OC6CCCCC6)ccc4n5-c4ccccc4)ccc32)cc1. The van der Waals surface area contributed by atoms with Crippen LogP contribution in [0.5, 0.6) is 17.2 Å². The van der Waals surface area contributed by atoms with Crippen LogP contribution in [-0.4, -0.2) is 33.0 Å². The van der Waals surface area contributed by atoms with Crippen LogP contribution in [0, 0.1) is 0 Å². The van der Waals surface area contributed by atoms with Crippen LogP contribution in [0.15, 0.2) is 194 Å². The van der Waals surface area contributed by atoms with Crippen LogP contribution < -0.4 is 14.2 Å². The fraction of sp³-hybridized carbons (Fsp3) is 0.194. The molecule has 0 spiro atoms. The van der Waals surface area contributed by atoms with E-state index in [4.69, 9.17) is 14.2 Å². The van der Waals surface area contributed by atoms with Gasteiger partial charge in [-0.1, -0.05) is 73.5 Å². The van der Waals surface area contributed by atoms with Gasteiger partial charge in [0.1, 0.15) is 17.2 Å². The van der Waals surface area contributed by atoms with Crippen molar-refractivity contribution in [2.24, 2.45) is 0 Å². The first kappa shape index (κ1) is 43.6. The summed E-state index contributed by atoms with van der Waals surface area (Å²) in [7, 11) is 1.72. The summed E-state index contributed by atoms with van der Waals surface area (Å²) in [5, 5.41) is 7.23. The molecule has 9 aromatic carbocycles. The molecular weight excluding hydrogens is 895 g/mol. The summed E-state index contributed by atoms with van der Waals surface area (Å²) in [4.78, 5) is 0. The molecule has 0 unspecified atom stereocenters. The first-order valence-electron chi connectivity index (χ1n) is 26.5. The Morgan fingerprint density at radius 2 is 0.603 bits per heavy atom. The first-order chi connectivity index (χ1) is 36.1. The van der Waals surface area contributed by atoms with E-state index in [2.05, 4.69) is 208 Å². The summed E-state index contributed by atoms with van der Waals surface area (Å²) in [5.41, 5.74) is 15.1. The van der Waals surface area contributed by atoms with Gasteiger partial charge in [-0.05, 0) is 207 Å². The smallest absolute Gasteiger partial charge is 0.120 e. The van der Waals surface area contributed by atoms with Crippen LogP contribution in [0.1, 0.15) is 64.2 Å². The molecule has 0 bridgehead atoms. The molecule has 6 nitrogen and oxygen atoms in total. The van der Waals surface area contributed by atoms with E-state index in [1.165, 1.54) is 115 Å². The molecule has 0 amide bonds. The minimum Gasteiger partial charge on any atom is -0.497 e. The maximum absolute atomic E-state index is 6.69.